The number of methoxy groups -OCH3 is 1. The summed E-state index contributed by atoms with van der Waals surface area (Å²) in [5.74, 6) is 0.0776. The zero-order valence-corrected chi connectivity index (χ0v) is 14.7. The highest BCUT2D eigenvalue weighted by molar-refractivity contribution is 6.03. The number of aromatic nitrogens is 1. The fraction of sp³-hybridized carbons (Fsp3) is 0.100. The molecule has 0 atom stereocenters. The number of benzene rings is 2. The van der Waals surface area contributed by atoms with Crippen molar-refractivity contribution >= 4 is 23.0 Å². The molecular weight excluding hydrogens is 371 g/mol. The van der Waals surface area contributed by atoms with Gasteiger partial charge >= 0.3 is 6.18 Å². The van der Waals surface area contributed by atoms with Crippen LogP contribution in [0.2, 0.25) is 0 Å². The van der Waals surface area contributed by atoms with Gasteiger partial charge in [0.15, 0.2) is 0 Å². The second kappa shape index (κ2) is 7.99. The number of halogens is 3. The third-order valence-corrected chi connectivity index (χ3v) is 3.83. The fourth-order valence-corrected chi connectivity index (χ4v) is 2.48. The van der Waals surface area contributed by atoms with Crippen LogP contribution in [0, 0.1) is 0 Å². The summed E-state index contributed by atoms with van der Waals surface area (Å²) in [5.41, 5.74) is 0.623. The Morgan fingerprint density at radius 2 is 1.79 bits per heavy atom. The molecule has 0 aliphatic heterocycles. The number of nitrogens with one attached hydrogen (secondary N) is 2. The topological polar surface area (TPSA) is 63.2 Å². The summed E-state index contributed by atoms with van der Waals surface area (Å²) < 4.78 is 43.5. The number of carbonyl (C=O) groups is 1. The molecule has 0 fully saturated rings. The summed E-state index contributed by atoms with van der Waals surface area (Å²) in [6.07, 6.45) is -3.05. The van der Waals surface area contributed by atoms with Crippen molar-refractivity contribution in [3.05, 3.63) is 78.1 Å². The monoisotopic (exact) mass is 387 g/mol. The molecule has 1 heterocycles. The average Bonchev–Trinajstić information content (AvgIpc) is 2.68. The summed E-state index contributed by atoms with van der Waals surface area (Å²) in [6, 6.07) is 14.8. The van der Waals surface area contributed by atoms with E-state index in [2.05, 4.69) is 15.6 Å². The first kappa shape index (κ1) is 19.2. The van der Waals surface area contributed by atoms with Crippen LogP contribution < -0.4 is 15.4 Å². The number of hydrogen-bond donors (Lipinski definition) is 2. The van der Waals surface area contributed by atoms with Crippen molar-refractivity contribution in [2.75, 3.05) is 17.7 Å². The van der Waals surface area contributed by atoms with Crippen LogP contribution in [0.4, 0.5) is 30.2 Å². The third-order valence-electron chi connectivity index (χ3n) is 3.83. The molecule has 8 heteroatoms. The van der Waals surface area contributed by atoms with Gasteiger partial charge in [-0.2, -0.15) is 13.2 Å². The maximum Gasteiger partial charge on any atom is 0.416 e. The molecule has 0 aliphatic rings. The maximum atomic E-state index is 12.8. The number of para-hydroxylation sites is 2. The van der Waals surface area contributed by atoms with Gasteiger partial charge < -0.3 is 15.4 Å². The quantitative estimate of drug-likeness (QED) is 0.639. The normalized spacial score (nSPS) is 11.0. The SMILES string of the molecule is COc1ccccc1NC(=O)c1ccc(Nc2cccc(C(F)(F)F)c2)cn1. The molecule has 1 aromatic heterocycles. The first-order chi connectivity index (χ1) is 13.4. The number of rotatable bonds is 5. The number of pyridine rings is 1. The molecule has 0 saturated heterocycles. The Kier molecular flexibility index (Phi) is 5.49. The minimum atomic E-state index is -4.42. The summed E-state index contributed by atoms with van der Waals surface area (Å²) in [5, 5.41) is 5.54. The van der Waals surface area contributed by atoms with Crippen LogP contribution >= 0.6 is 0 Å². The van der Waals surface area contributed by atoms with Gasteiger partial charge in [-0.1, -0.05) is 18.2 Å². The lowest BCUT2D eigenvalue weighted by molar-refractivity contribution is -0.137. The summed E-state index contributed by atoms with van der Waals surface area (Å²) in [6.45, 7) is 0. The Morgan fingerprint density at radius 1 is 1.00 bits per heavy atom. The van der Waals surface area contributed by atoms with Crippen LogP contribution in [-0.2, 0) is 6.18 Å². The van der Waals surface area contributed by atoms with Gasteiger partial charge in [-0.25, -0.2) is 4.98 Å². The highest BCUT2D eigenvalue weighted by Gasteiger charge is 2.30. The van der Waals surface area contributed by atoms with E-state index in [1.165, 1.54) is 31.5 Å². The molecule has 0 bridgehead atoms. The van der Waals surface area contributed by atoms with Gasteiger partial charge in [-0.3, -0.25) is 4.79 Å². The minimum absolute atomic E-state index is 0.153. The third kappa shape index (κ3) is 4.59. The Bertz CT molecular complexity index is 973. The van der Waals surface area contributed by atoms with E-state index in [-0.39, 0.29) is 11.4 Å². The highest BCUT2D eigenvalue weighted by Crippen LogP contribution is 2.31. The van der Waals surface area contributed by atoms with E-state index in [1.54, 1.807) is 30.3 Å². The lowest BCUT2D eigenvalue weighted by Crippen LogP contribution is -2.14. The molecular formula is C20H16F3N3O2. The second-order valence-corrected chi connectivity index (χ2v) is 5.79. The van der Waals surface area contributed by atoms with Gasteiger partial charge in [0.1, 0.15) is 11.4 Å². The molecule has 2 aromatic carbocycles. The molecule has 144 valence electrons. The van der Waals surface area contributed by atoms with Crippen LogP contribution in [0.5, 0.6) is 5.75 Å². The lowest BCUT2D eigenvalue weighted by Gasteiger charge is -2.11. The molecule has 5 nitrogen and oxygen atoms in total. The number of alkyl halides is 3. The Balaban J connectivity index is 1.71. The van der Waals surface area contributed by atoms with Gasteiger partial charge in [0.05, 0.1) is 30.2 Å². The van der Waals surface area contributed by atoms with Crippen LogP contribution in [0.15, 0.2) is 66.9 Å². The predicted octanol–water partition coefficient (Wildman–Crippen LogP) is 5.10. The van der Waals surface area contributed by atoms with Crippen LogP contribution in [0.1, 0.15) is 16.1 Å². The fourth-order valence-electron chi connectivity index (χ4n) is 2.48. The summed E-state index contributed by atoms with van der Waals surface area (Å²) >= 11 is 0. The molecule has 0 unspecified atom stereocenters. The van der Waals surface area contributed by atoms with Gasteiger partial charge in [0.2, 0.25) is 0 Å². The Hall–Kier alpha value is -3.55. The maximum absolute atomic E-state index is 12.8. The van der Waals surface area contributed by atoms with Crippen molar-refractivity contribution in [1.29, 1.82) is 0 Å². The molecule has 2 N–H and O–H groups in total. The van der Waals surface area contributed by atoms with E-state index < -0.39 is 17.6 Å². The molecule has 3 aromatic rings. The van der Waals surface area contributed by atoms with Crippen molar-refractivity contribution < 1.29 is 22.7 Å². The molecule has 1 amide bonds. The number of carbonyl (C=O) groups excluding carboxylic acids is 1. The summed E-state index contributed by atoms with van der Waals surface area (Å²) in [7, 11) is 1.50. The standard InChI is InChI=1S/C20H16F3N3O2/c1-28-18-8-3-2-7-16(18)26-19(27)17-10-9-15(12-24-17)25-14-6-4-5-13(11-14)20(21,22)23/h2-12,25H,1H3,(H,26,27). The molecule has 0 spiro atoms. The van der Waals surface area contributed by atoms with Crippen LogP contribution in [-0.4, -0.2) is 18.0 Å². The number of hydrogen-bond acceptors (Lipinski definition) is 4. The van der Waals surface area contributed by atoms with Crippen molar-refractivity contribution in [3.63, 3.8) is 0 Å². The van der Waals surface area contributed by atoms with Gasteiger partial charge in [0, 0.05) is 5.69 Å². The number of anilines is 3. The minimum Gasteiger partial charge on any atom is -0.495 e. The molecule has 3 rings (SSSR count). The van der Waals surface area contributed by atoms with Crippen molar-refractivity contribution in [3.8, 4) is 5.75 Å². The van der Waals surface area contributed by atoms with Gasteiger partial charge in [-0.15, -0.1) is 0 Å². The van der Waals surface area contributed by atoms with E-state index in [1.807, 2.05) is 0 Å². The van der Waals surface area contributed by atoms with E-state index in [0.717, 1.165) is 12.1 Å². The molecule has 28 heavy (non-hydrogen) atoms. The van der Waals surface area contributed by atoms with Gasteiger partial charge in [-0.05, 0) is 42.5 Å². The molecule has 0 radical (unpaired) electrons. The van der Waals surface area contributed by atoms with Crippen molar-refractivity contribution in [2.24, 2.45) is 0 Å². The first-order valence-electron chi connectivity index (χ1n) is 8.21. The zero-order valence-electron chi connectivity index (χ0n) is 14.7. The smallest absolute Gasteiger partial charge is 0.416 e. The van der Waals surface area contributed by atoms with E-state index in [0.29, 0.717) is 17.1 Å². The van der Waals surface area contributed by atoms with Crippen molar-refractivity contribution in [1.82, 2.24) is 4.98 Å². The van der Waals surface area contributed by atoms with Crippen LogP contribution in [0.3, 0.4) is 0 Å². The average molecular weight is 387 g/mol. The molecule has 0 saturated carbocycles. The number of amides is 1. The lowest BCUT2D eigenvalue weighted by atomic mass is 10.2. The van der Waals surface area contributed by atoms with Gasteiger partial charge in [0.25, 0.3) is 5.91 Å². The highest BCUT2D eigenvalue weighted by atomic mass is 19.4. The Morgan fingerprint density at radius 3 is 2.46 bits per heavy atom. The van der Waals surface area contributed by atoms with Crippen LogP contribution in [0.25, 0.3) is 0 Å². The summed E-state index contributed by atoms with van der Waals surface area (Å²) in [4.78, 5) is 16.4. The number of ether oxygens (including phenoxy) is 1. The van der Waals surface area contributed by atoms with E-state index in [4.69, 9.17) is 4.74 Å². The zero-order chi connectivity index (χ0) is 20.1. The molecule has 0 aliphatic carbocycles. The predicted molar refractivity (Wildman–Crippen MR) is 99.9 cm³/mol. The number of nitrogens with zero attached hydrogens (tertiary/aromatic N) is 1. The van der Waals surface area contributed by atoms with E-state index in [9.17, 15) is 18.0 Å². The largest absolute Gasteiger partial charge is 0.495 e. The van der Waals surface area contributed by atoms with Crippen molar-refractivity contribution in [2.45, 2.75) is 6.18 Å². The first-order valence-corrected chi connectivity index (χ1v) is 8.21. The van der Waals surface area contributed by atoms with E-state index >= 15 is 0 Å². The second-order valence-electron chi connectivity index (χ2n) is 5.79. The Labute approximate surface area is 159 Å².